The fourth-order valence-electron chi connectivity index (χ4n) is 4.29. The molecule has 2 aromatic carbocycles. The minimum atomic E-state index is -0.574. The molecule has 0 radical (unpaired) electrons. The van der Waals surface area contributed by atoms with Gasteiger partial charge in [0.15, 0.2) is 6.10 Å². The molecule has 6 heteroatoms. The monoisotopic (exact) mass is 420 g/mol. The maximum atomic E-state index is 13.3. The Morgan fingerprint density at radius 3 is 2.58 bits per heavy atom. The SMILES string of the molecule is O=C1CN(C(=O)[C@@H]2Cc3ccccc3O2)C[C@H](OCC2CC2)CN1Cc1ccccc1. The first kappa shape index (κ1) is 20.1. The molecule has 2 atom stereocenters. The van der Waals surface area contributed by atoms with E-state index in [-0.39, 0.29) is 24.5 Å². The van der Waals surface area contributed by atoms with Gasteiger partial charge in [-0.1, -0.05) is 48.5 Å². The summed E-state index contributed by atoms with van der Waals surface area (Å²) in [6.45, 7) is 2.20. The van der Waals surface area contributed by atoms with Crippen LogP contribution in [0.3, 0.4) is 0 Å². The lowest BCUT2D eigenvalue weighted by Crippen LogP contribution is -2.46. The molecule has 0 spiro atoms. The lowest BCUT2D eigenvalue weighted by molar-refractivity contribution is -0.143. The first-order valence-electron chi connectivity index (χ1n) is 11.1. The predicted molar refractivity (Wildman–Crippen MR) is 115 cm³/mol. The molecule has 1 saturated carbocycles. The maximum Gasteiger partial charge on any atom is 0.264 e. The van der Waals surface area contributed by atoms with Gasteiger partial charge in [-0.2, -0.15) is 0 Å². The van der Waals surface area contributed by atoms with E-state index in [2.05, 4.69) is 0 Å². The van der Waals surface area contributed by atoms with Gasteiger partial charge in [0.1, 0.15) is 5.75 Å². The summed E-state index contributed by atoms with van der Waals surface area (Å²) < 4.78 is 12.1. The zero-order chi connectivity index (χ0) is 21.2. The fraction of sp³-hybridized carbons (Fsp3) is 0.440. The molecule has 0 unspecified atom stereocenters. The third-order valence-corrected chi connectivity index (χ3v) is 6.24. The molecule has 0 bridgehead atoms. The van der Waals surface area contributed by atoms with Crippen molar-refractivity contribution in [2.45, 2.75) is 38.0 Å². The number of carbonyl (C=O) groups excluding carboxylic acids is 2. The van der Waals surface area contributed by atoms with Gasteiger partial charge >= 0.3 is 0 Å². The number of rotatable bonds is 6. The molecule has 3 aliphatic rings. The molecular formula is C25H28N2O4. The Kier molecular flexibility index (Phi) is 5.64. The zero-order valence-electron chi connectivity index (χ0n) is 17.6. The van der Waals surface area contributed by atoms with Gasteiger partial charge in [0.2, 0.25) is 5.91 Å². The van der Waals surface area contributed by atoms with Crippen LogP contribution in [0.2, 0.25) is 0 Å². The Labute approximate surface area is 182 Å². The summed E-state index contributed by atoms with van der Waals surface area (Å²) in [6.07, 6.45) is 2.19. The number of nitrogens with zero attached hydrogens (tertiary/aromatic N) is 2. The Morgan fingerprint density at radius 1 is 1.03 bits per heavy atom. The van der Waals surface area contributed by atoms with E-state index < -0.39 is 6.10 Å². The highest BCUT2D eigenvalue weighted by molar-refractivity contribution is 5.88. The lowest BCUT2D eigenvalue weighted by Gasteiger charge is -2.26. The Hall–Kier alpha value is -2.86. The van der Waals surface area contributed by atoms with Gasteiger partial charge in [-0.25, -0.2) is 0 Å². The number of amides is 2. The van der Waals surface area contributed by atoms with E-state index in [1.807, 2.05) is 59.5 Å². The second kappa shape index (κ2) is 8.71. The average molecular weight is 421 g/mol. The number of para-hydroxylation sites is 1. The highest BCUT2D eigenvalue weighted by Gasteiger charge is 2.37. The average Bonchev–Trinajstić information content (AvgIpc) is 3.54. The first-order chi connectivity index (χ1) is 15.2. The molecule has 6 nitrogen and oxygen atoms in total. The molecule has 31 heavy (non-hydrogen) atoms. The third-order valence-electron chi connectivity index (χ3n) is 6.24. The Bertz CT molecular complexity index is 919. The maximum absolute atomic E-state index is 13.3. The highest BCUT2D eigenvalue weighted by atomic mass is 16.5. The van der Waals surface area contributed by atoms with E-state index in [0.29, 0.717) is 38.6 Å². The number of fused-ring (bicyclic) bond motifs is 1. The van der Waals surface area contributed by atoms with E-state index in [0.717, 1.165) is 16.9 Å². The quantitative estimate of drug-likeness (QED) is 0.721. The van der Waals surface area contributed by atoms with Gasteiger partial charge < -0.3 is 19.3 Å². The summed E-state index contributed by atoms with van der Waals surface area (Å²) in [5.74, 6) is 1.20. The first-order valence-corrected chi connectivity index (χ1v) is 11.1. The van der Waals surface area contributed by atoms with Crippen LogP contribution in [0.4, 0.5) is 0 Å². The topological polar surface area (TPSA) is 59.1 Å². The molecule has 2 fully saturated rings. The molecule has 0 N–H and O–H groups in total. The van der Waals surface area contributed by atoms with Crippen molar-refractivity contribution in [3.8, 4) is 5.75 Å². The van der Waals surface area contributed by atoms with Crippen molar-refractivity contribution < 1.29 is 19.1 Å². The zero-order valence-corrected chi connectivity index (χ0v) is 17.6. The van der Waals surface area contributed by atoms with Crippen molar-refractivity contribution in [2.24, 2.45) is 5.92 Å². The van der Waals surface area contributed by atoms with Crippen molar-refractivity contribution in [3.63, 3.8) is 0 Å². The second-order valence-corrected chi connectivity index (χ2v) is 8.80. The number of benzene rings is 2. The summed E-state index contributed by atoms with van der Waals surface area (Å²) in [5, 5.41) is 0. The lowest BCUT2D eigenvalue weighted by atomic mass is 10.1. The molecule has 1 saturated heterocycles. The van der Waals surface area contributed by atoms with Crippen molar-refractivity contribution in [1.82, 2.24) is 9.80 Å². The van der Waals surface area contributed by atoms with Crippen molar-refractivity contribution in [3.05, 3.63) is 65.7 Å². The smallest absolute Gasteiger partial charge is 0.264 e. The second-order valence-electron chi connectivity index (χ2n) is 8.80. The predicted octanol–water partition coefficient (Wildman–Crippen LogP) is 2.66. The third kappa shape index (κ3) is 4.74. The molecule has 162 valence electrons. The van der Waals surface area contributed by atoms with Gasteiger partial charge in [-0.05, 0) is 36.0 Å². The van der Waals surface area contributed by atoms with E-state index in [4.69, 9.17) is 9.47 Å². The van der Waals surface area contributed by atoms with Gasteiger partial charge in [0, 0.05) is 32.7 Å². The number of hydrogen-bond acceptors (Lipinski definition) is 4. The van der Waals surface area contributed by atoms with Crippen LogP contribution in [0.15, 0.2) is 54.6 Å². The molecule has 1 aliphatic carbocycles. The van der Waals surface area contributed by atoms with Gasteiger partial charge in [0.25, 0.3) is 5.91 Å². The number of ether oxygens (including phenoxy) is 2. The van der Waals surface area contributed by atoms with Crippen molar-refractivity contribution in [1.29, 1.82) is 0 Å². The summed E-state index contributed by atoms with van der Waals surface area (Å²) in [5.41, 5.74) is 2.11. The molecule has 2 aromatic rings. The van der Waals surface area contributed by atoms with Crippen molar-refractivity contribution in [2.75, 3.05) is 26.2 Å². The largest absolute Gasteiger partial charge is 0.480 e. The molecule has 0 aromatic heterocycles. The highest BCUT2D eigenvalue weighted by Crippen LogP contribution is 2.31. The molecule has 5 rings (SSSR count). The fourth-order valence-corrected chi connectivity index (χ4v) is 4.29. The van der Waals surface area contributed by atoms with Crippen LogP contribution >= 0.6 is 0 Å². The summed E-state index contributed by atoms with van der Waals surface area (Å²) >= 11 is 0. The van der Waals surface area contributed by atoms with Crippen LogP contribution < -0.4 is 4.74 Å². The van der Waals surface area contributed by atoms with Gasteiger partial charge in [-0.15, -0.1) is 0 Å². The normalized spacial score (nSPS) is 23.3. The number of carbonyl (C=O) groups is 2. The summed E-state index contributed by atoms with van der Waals surface area (Å²) in [7, 11) is 0. The van der Waals surface area contributed by atoms with Gasteiger partial charge in [0.05, 0.1) is 12.6 Å². The van der Waals surface area contributed by atoms with Crippen LogP contribution in [0.25, 0.3) is 0 Å². The number of hydrogen-bond donors (Lipinski definition) is 0. The van der Waals surface area contributed by atoms with E-state index in [1.165, 1.54) is 12.8 Å². The Balaban J connectivity index is 1.30. The van der Waals surface area contributed by atoms with E-state index in [1.54, 1.807) is 4.90 Å². The standard InChI is InChI=1S/C25H28N2O4/c28-24-16-27(25(29)23-12-20-8-4-5-9-22(20)31-23)15-21(30-17-19-10-11-19)14-26(24)13-18-6-2-1-3-7-18/h1-9,19,21,23H,10-17H2/t21-,23+/m1/s1. The van der Waals surface area contributed by atoms with Crippen LogP contribution in [0.5, 0.6) is 5.75 Å². The van der Waals surface area contributed by atoms with Crippen molar-refractivity contribution >= 4 is 11.8 Å². The van der Waals surface area contributed by atoms with Crippen LogP contribution in [0, 0.1) is 5.92 Å². The molecule has 2 aliphatic heterocycles. The molecule has 2 heterocycles. The van der Waals surface area contributed by atoms with Crippen LogP contribution in [-0.2, 0) is 27.3 Å². The molecule has 2 amide bonds. The minimum absolute atomic E-state index is 0.0507. The van der Waals surface area contributed by atoms with E-state index in [9.17, 15) is 9.59 Å². The van der Waals surface area contributed by atoms with Crippen LogP contribution in [0.1, 0.15) is 24.0 Å². The Morgan fingerprint density at radius 2 is 1.81 bits per heavy atom. The van der Waals surface area contributed by atoms with Gasteiger partial charge in [-0.3, -0.25) is 9.59 Å². The molecular weight excluding hydrogens is 392 g/mol. The minimum Gasteiger partial charge on any atom is -0.480 e. The van der Waals surface area contributed by atoms with Crippen LogP contribution in [-0.4, -0.2) is 60.1 Å². The summed E-state index contributed by atoms with van der Waals surface area (Å²) in [6, 6.07) is 17.7. The van der Waals surface area contributed by atoms with E-state index >= 15 is 0 Å². The summed E-state index contributed by atoms with van der Waals surface area (Å²) in [4.78, 5) is 29.9.